The molecule has 0 bridgehead atoms. The van der Waals surface area contributed by atoms with Crippen molar-refractivity contribution in [2.24, 2.45) is 5.92 Å². The molecule has 0 amide bonds. The lowest BCUT2D eigenvalue weighted by atomic mass is 10.1. The van der Waals surface area contributed by atoms with Gasteiger partial charge in [-0.2, -0.15) is 18.3 Å². The van der Waals surface area contributed by atoms with Gasteiger partial charge < -0.3 is 5.32 Å². The van der Waals surface area contributed by atoms with Gasteiger partial charge in [-0.25, -0.2) is 0 Å². The van der Waals surface area contributed by atoms with E-state index in [1.807, 2.05) is 17.7 Å². The van der Waals surface area contributed by atoms with E-state index in [-0.39, 0.29) is 0 Å². The highest BCUT2D eigenvalue weighted by molar-refractivity contribution is 4.99. The van der Waals surface area contributed by atoms with Gasteiger partial charge in [0.25, 0.3) is 0 Å². The minimum Gasteiger partial charge on any atom is -0.311 e. The lowest BCUT2D eigenvalue weighted by molar-refractivity contribution is -0.143. The second-order valence-electron chi connectivity index (χ2n) is 5.27. The Hall–Kier alpha value is -1.08. The largest absolute Gasteiger partial charge is 0.401 e. The Kier molecular flexibility index (Phi) is 5.04. The summed E-state index contributed by atoms with van der Waals surface area (Å²) in [6, 6.07) is 1.96. The third-order valence-electron chi connectivity index (χ3n) is 3.62. The van der Waals surface area contributed by atoms with E-state index in [4.69, 9.17) is 0 Å². The molecule has 0 aliphatic carbocycles. The molecular formula is C13H21F3N4. The Bertz CT molecular complexity index is 416. The molecule has 0 spiro atoms. The number of hydrogen-bond donors (Lipinski definition) is 1. The van der Waals surface area contributed by atoms with Crippen LogP contribution in [0.25, 0.3) is 0 Å². The van der Waals surface area contributed by atoms with Crippen LogP contribution < -0.4 is 5.32 Å². The van der Waals surface area contributed by atoms with E-state index in [1.54, 1.807) is 6.20 Å². The summed E-state index contributed by atoms with van der Waals surface area (Å²) in [5.41, 5.74) is 1.11. The topological polar surface area (TPSA) is 33.1 Å². The van der Waals surface area contributed by atoms with Crippen molar-refractivity contribution in [1.82, 2.24) is 20.0 Å². The molecule has 20 heavy (non-hydrogen) atoms. The molecule has 4 nitrogen and oxygen atoms in total. The van der Waals surface area contributed by atoms with Gasteiger partial charge in [0.05, 0.1) is 12.2 Å². The standard InChI is InChI=1S/C13H21F3N4/c1-2-20-12(3-5-18-20)8-17-7-11-4-6-19(9-11)10-13(14,15)16/h3,5,11,17H,2,4,6-10H2,1H3. The molecule has 2 heterocycles. The van der Waals surface area contributed by atoms with E-state index in [9.17, 15) is 13.2 Å². The number of hydrogen-bond acceptors (Lipinski definition) is 3. The quantitative estimate of drug-likeness (QED) is 0.868. The summed E-state index contributed by atoms with van der Waals surface area (Å²) >= 11 is 0. The van der Waals surface area contributed by atoms with Crippen molar-refractivity contribution in [3.05, 3.63) is 18.0 Å². The molecule has 0 saturated carbocycles. The average molecular weight is 290 g/mol. The van der Waals surface area contributed by atoms with E-state index in [0.717, 1.165) is 25.2 Å². The van der Waals surface area contributed by atoms with E-state index in [0.29, 0.717) is 25.6 Å². The van der Waals surface area contributed by atoms with Crippen molar-refractivity contribution in [1.29, 1.82) is 0 Å². The van der Waals surface area contributed by atoms with Crippen molar-refractivity contribution in [3.8, 4) is 0 Å². The van der Waals surface area contributed by atoms with E-state index >= 15 is 0 Å². The maximum Gasteiger partial charge on any atom is 0.401 e. The number of rotatable bonds is 6. The molecule has 1 aromatic rings. The zero-order chi connectivity index (χ0) is 14.6. The molecule has 1 saturated heterocycles. The molecule has 1 N–H and O–H groups in total. The Balaban J connectivity index is 1.68. The zero-order valence-electron chi connectivity index (χ0n) is 11.7. The first-order valence-electron chi connectivity index (χ1n) is 6.98. The van der Waals surface area contributed by atoms with Crippen molar-refractivity contribution in [2.45, 2.75) is 32.6 Å². The lowest BCUT2D eigenvalue weighted by Gasteiger charge is -2.18. The number of nitrogens with zero attached hydrogens (tertiary/aromatic N) is 3. The van der Waals surface area contributed by atoms with Gasteiger partial charge in [-0.15, -0.1) is 0 Å². The van der Waals surface area contributed by atoms with E-state index in [1.165, 1.54) is 4.90 Å². The fourth-order valence-electron chi connectivity index (χ4n) is 2.68. The molecule has 0 aromatic carbocycles. The van der Waals surface area contributed by atoms with Gasteiger partial charge in [-0.1, -0.05) is 0 Å². The number of nitrogens with one attached hydrogen (secondary N) is 1. The third-order valence-corrected chi connectivity index (χ3v) is 3.62. The van der Waals surface area contributed by atoms with Crippen LogP contribution in [-0.4, -0.2) is 47.0 Å². The van der Waals surface area contributed by atoms with Gasteiger partial charge in [0, 0.05) is 25.8 Å². The first-order chi connectivity index (χ1) is 9.48. The molecule has 2 rings (SSSR count). The summed E-state index contributed by atoms with van der Waals surface area (Å²) in [5.74, 6) is 0.301. The summed E-state index contributed by atoms with van der Waals surface area (Å²) in [5, 5.41) is 7.50. The molecule has 1 unspecified atom stereocenters. The third kappa shape index (κ3) is 4.49. The summed E-state index contributed by atoms with van der Waals surface area (Å²) in [7, 11) is 0. The van der Waals surface area contributed by atoms with Gasteiger partial charge in [0.15, 0.2) is 0 Å². The summed E-state index contributed by atoms with van der Waals surface area (Å²) in [4.78, 5) is 1.49. The summed E-state index contributed by atoms with van der Waals surface area (Å²) in [6.07, 6.45) is -1.49. The number of likely N-dealkylation sites (tertiary alicyclic amines) is 1. The summed E-state index contributed by atoms with van der Waals surface area (Å²) in [6.45, 7) is 4.60. The second-order valence-corrected chi connectivity index (χ2v) is 5.27. The molecule has 1 fully saturated rings. The van der Waals surface area contributed by atoms with Crippen molar-refractivity contribution in [2.75, 3.05) is 26.2 Å². The summed E-state index contributed by atoms with van der Waals surface area (Å²) < 4.78 is 38.8. The van der Waals surface area contributed by atoms with Crippen LogP contribution in [0.2, 0.25) is 0 Å². The highest BCUT2D eigenvalue weighted by Crippen LogP contribution is 2.22. The maximum absolute atomic E-state index is 12.3. The van der Waals surface area contributed by atoms with Crippen molar-refractivity contribution in [3.63, 3.8) is 0 Å². The molecule has 1 aromatic heterocycles. The highest BCUT2D eigenvalue weighted by Gasteiger charge is 2.34. The molecule has 7 heteroatoms. The van der Waals surface area contributed by atoms with Gasteiger partial charge in [0.2, 0.25) is 0 Å². The van der Waals surface area contributed by atoms with Crippen LogP contribution in [0.4, 0.5) is 13.2 Å². The monoisotopic (exact) mass is 290 g/mol. The number of aromatic nitrogens is 2. The smallest absolute Gasteiger partial charge is 0.311 e. The normalized spacial score (nSPS) is 20.7. The van der Waals surface area contributed by atoms with Crippen LogP contribution in [0.1, 0.15) is 19.0 Å². The number of alkyl halides is 3. The minimum absolute atomic E-state index is 0.301. The van der Waals surface area contributed by atoms with Crippen molar-refractivity contribution >= 4 is 0 Å². The van der Waals surface area contributed by atoms with Crippen LogP contribution in [0.15, 0.2) is 12.3 Å². The van der Waals surface area contributed by atoms with Gasteiger partial charge >= 0.3 is 6.18 Å². The lowest BCUT2D eigenvalue weighted by Crippen LogP contribution is -2.33. The first-order valence-corrected chi connectivity index (χ1v) is 6.98. The Morgan fingerprint density at radius 2 is 2.25 bits per heavy atom. The minimum atomic E-state index is -4.09. The molecule has 0 radical (unpaired) electrons. The van der Waals surface area contributed by atoms with Gasteiger partial charge in [0.1, 0.15) is 0 Å². The molecular weight excluding hydrogens is 269 g/mol. The Labute approximate surface area is 116 Å². The fourth-order valence-corrected chi connectivity index (χ4v) is 2.68. The van der Waals surface area contributed by atoms with Crippen LogP contribution >= 0.6 is 0 Å². The van der Waals surface area contributed by atoms with E-state index < -0.39 is 12.7 Å². The second kappa shape index (κ2) is 6.58. The van der Waals surface area contributed by atoms with Crippen molar-refractivity contribution < 1.29 is 13.2 Å². The van der Waals surface area contributed by atoms with E-state index in [2.05, 4.69) is 10.4 Å². The van der Waals surface area contributed by atoms with Crippen LogP contribution in [0.3, 0.4) is 0 Å². The fraction of sp³-hybridized carbons (Fsp3) is 0.769. The van der Waals surface area contributed by atoms with Gasteiger partial charge in [-0.05, 0) is 38.4 Å². The number of halogens is 3. The first kappa shape index (κ1) is 15.3. The van der Waals surface area contributed by atoms with Gasteiger partial charge in [-0.3, -0.25) is 9.58 Å². The molecule has 114 valence electrons. The predicted octanol–water partition coefficient (Wildman–Crippen LogP) is 1.88. The Morgan fingerprint density at radius 1 is 1.45 bits per heavy atom. The SMILES string of the molecule is CCn1nccc1CNCC1CCN(CC(F)(F)F)C1. The average Bonchev–Trinajstić information content (AvgIpc) is 2.96. The number of aryl methyl sites for hydroxylation is 1. The maximum atomic E-state index is 12.3. The molecule has 1 aliphatic rings. The van der Waals surface area contributed by atoms with Crippen LogP contribution in [0.5, 0.6) is 0 Å². The zero-order valence-corrected chi connectivity index (χ0v) is 11.7. The van der Waals surface area contributed by atoms with Crippen LogP contribution in [-0.2, 0) is 13.1 Å². The highest BCUT2D eigenvalue weighted by atomic mass is 19.4. The predicted molar refractivity (Wildman–Crippen MR) is 70.2 cm³/mol. The van der Waals surface area contributed by atoms with Crippen LogP contribution in [0, 0.1) is 5.92 Å². The Morgan fingerprint density at radius 3 is 2.95 bits per heavy atom. The molecule has 1 atom stereocenters. The molecule has 1 aliphatic heterocycles.